The van der Waals surface area contributed by atoms with Crippen molar-refractivity contribution in [1.82, 2.24) is 4.57 Å². The number of benzene rings is 2. The van der Waals surface area contributed by atoms with Crippen LogP contribution < -0.4 is 0 Å². The van der Waals surface area contributed by atoms with E-state index in [2.05, 4.69) is 48.9 Å². The number of carbonyl (C=O) groups is 1. The Morgan fingerprint density at radius 3 is 2.58 bits per heavy atom. The molecule has 3 rings (SSSR count). The number of aliphatic hydroxyl groups excluding tert-OH is 1. The number of fused-ring (bicyclic) bond motifs is 1. The molecule has 3 aromatic rings. The molecule has 0 saturated carbocycles. The van der Waals surface area contributed by atoms with Crippen LogP contribution in [0.15, 0.2) is 48.7 Å². The van der Waals surface area contributed by atoms with Crippen LogP contribution in [0.25, 0.3) is 10.9 Å². The molecule has 1 N–H and O–H groups in total. The highest BCUT2D eigenvalue weighted by Gasteiger charge is 2.15. The summed E-state index contributed by atoms with van der Waals surface area (Å²) >= 11 is 0. The molecule has 26 heavy (non-hydrogen) atoms. The maximum Gasteiger partial charge on any atom is 0.308 e. The van der Waals surface area contributed by atoms with Gasteiger partial charge in [-0.2, -0.15) is 0 Å². The number of ether oxygens (including phenoxy) is 1. The van der Waals surface area contributed by atoms with Gasteiger partial charge in [0.1, 0.15) is 0 Å². The van der Waals surface area contributed by atoms with Gasteiger partial charge in [-0.1, -0.05) is 30.3 Å². The van der Waals surface area contributed by atoms with Crippen molar-refractivity contribution in [1.29, 1.82) is 0 Å². The van der Waals surface area contributed by atoms with Crippen LogP contribution in [0.3, 0.4) is 0 Å². The Labute approximate surface area is 154 Å². The zero-order valence-electron chi connectivity index (χ0n) is 15.5. The van der Waals surface area contributed by atoms with Gasteiger partial charge in [-0.25, -0.2) is 0 Å². The summed E-state index contributed by atoms with van der Waals surface area (Å²) < 4.78 is 7.12. The van der Waals surface area contributed by atoms with E-state index in [9.17, 15) is 9.90 Å². The Morgan fingerprint density at radius 1 is 1.15 bits per heavy atom. The monoisotopic (exact) mass is 351 g/mol. The number of hydrogen-bond acceptors (Lipinski definition) is 3. The molecule has 0 bridgehead atoms. The highest BCUT2D eigenvalue weighted by Crippen LogP contribution is 2.25. The van der Waals surface area contributed by atoms with Gasteiger partial charge >= 0.3 is 5.97 Å². The number of aliphatic hydroxyl groups is 1. The van der Waals surface area contributed by atoms with Crippen molar-refractivity contribution in [3.8, 4) is 0 Å². The Hall–Kier alpha value is -2.59. The number of aromatic nitrogens is 1. The lowest BCUT2D eigenvalue weighted by molar-refractivity contribution is -0.145. The first kappa shape index (κ1) is 18.2. The van der Waals surface area contributed by atoms with Gasteiger partial charge in [0.15, 0.2) is 0 Å². The summed E-state index contributed by atoms with van der Waals surface area (Å²) in [5, 5.41) is 11.5. The quantitative estimate of drug-likeness (QED) is 0.674. The summed E-state index contributed by atoms with van der Waals surface area (Å²) in [5.41, 5.74) is 5.62. The summed E-state index contributed by atoms with van der Waals surface area (Å²) in [6.45, 7) is 7.12. The largest absolute Gasteiger partial charge is 0.466 e. The van der Waals surface area contributed by atoms with Crippen LogP contribution in [0, 0.1) is 13.8 Å². The zero-order chi connectivity index (χ0) is 18.7. The van der Waals surface area contributed by atoms with Gasteiger partial charge in [0, 0.05) is 18.3 Å². The fourth-order valence-electron chi connectivity index (χ4n) is 3.31. The van der Waals surface area contributed by atoms with Crippen molar-refractivity contribution >= 4 is 16.9 Å². The summed E-state index contributed by atoms with van der Waals surface area (Å²) in [6.07, 6.45) is 1.18. The second-order valence-corrected chi connectivity index (χ2v) is 6.66. The first-order valence-corrected chi connectivity index (χ1v) is 8.97. The molecule has 0 fully saturated rings. The average Bonchev–Trinajstić information content (AvgIpc) is 3.00. The molecular weight excluding hydrogens is 326 g/mol. The van der Waals surface area contributed by atoms with Crippen LogP contribution >= 0.6 is 0 Å². The molecule has 0 amide bonds. The Kier molecular flexibility index (Phi) is 5.43. The van der Waals surface area contributed by atoms with Crippen LogP contribution in [0.5, 0.6) is 0 Å². The van der Waals surface area contributed by atoms with Gasteiger partial charge in [0.05, 0.1) is 19.1 Å². The molecule has 1 heterocycles. The molecule has 136 valence electrons. The number of nitrogens with zero attached hydrogens (tertiary/aromatic N) is 1. The van der Waals surface area contributed by atoms with Crippen molar-refractivity contribution in [3.05, 3.63) is 70.9 Å². The maximum absolute atomic E-state index is 11.6. The normalized spacial score (nSPS) is 12.3. The van der Waals surface area contributed by atoms with E-state index >= 15 is 0 Å². The minimum Gasteiger partial charge on any atom is -0.466 e. The third-order valence-electron chi connectivity index (χ3n) is 4.82. The molecule has 2 aromatic carbocycles. The van der Waals surface area contributed by atoms with Crippen molar-refractivity contribution in [2.45, 2.75) is 39.8 Å². The van der Waals surface area contributed by atoms with Gasteiger partial charge in [-0.15, -0.1) is 0 Å². The molecule has 4 heteroatoms. The molecule has 1 unspecified atom stereocenters. The van der Waals surface area contributed by atoms with Gasteiger partial charge in [0.25, 0.3) is 0 Å². The third-order valence-corrected chi connectivity index (χ3v) is 4.82. The molecule has 4 nitrogen and oxygen atoms in total. The molecule has 0 spiro atoms. The van der Waals surface area contributed by atoms with Gasteiger partial charge in [0.2, 0.25) is 0 Å². The van der Waals surface area contributed by atoms with Crippen molar-refractivity contribution in [2.75, 3.05) is 6.61 Å². The highest BCUT2D eigenvalue weighted by molar-refractivity contribution is 5.81. The van der Waals surface area contributed by atoms with Crippen LogP contribution in [0.1, 0.15) is 41.7 Å². The fourth-order valence-corrected chi connectivity index (χ4v) is 3.31. The first-order valence-electron chi connectivity index (χ1n) is 8.97. The smallest absolute Gasteiger partial charge is 0.308 e. The van der Waals surface area contributed by atoms with E-state index in [-0.39, 0.29) is 12.4 Å². The number of hydrogen-bond donors (Lipinski definition) is 1. The van der Waals surface area contributed by atoms with Gasteiger partial charge in [-0.05, 0) is 60.5 Å². The lowest BCUT2D eigenvalue weighted by atomic mass is 10.0. The molecule has 0 saturated heterocycles. The van der Waals surface area contributed by atoms with E-state index in [4.69, 9.17) is 4.74 Å². The topological polar surface area (TPSA) is 51.5 Å². The predicted molar refractivity (Wildman–Crippen MR) is 103 cm³/mol. The molecule has 0 aliphatic carbocycles. The van der Waals surface area contributed by atoms with E-state index in [1.54, 1.807) is 6.92 Å². The van der Waals surface area contributed by atoms with Crippen LogP contribution in [0.2, 0.25) is 0 Å². The van der Waals surface area contributed by atoms with Crippen LogP contribution in [-0.2, 0) is 16.1 Å². The number of aryl methyl sites for hydroxylation is 2. The lowest BCUT2D eigenvalue weighted by Crippen LogP contribution is -2.10. The molecule has 0 aliphatic heterocycles. The van der Waals surface area contributed by atoms with E-state index < -0.39 is 6.10 Å². The van der Waals surface area contributed by atoms with Crippen molar-refractivity contribution in [3.63, 3.8) is 0 Å². The maximum atomic E-state index is 11.6. The standard InChI is InChI=1S/C22H25NO3/c1-4-26-22(25)13-21(24)18-9-8-17-10-11-23(20(17)12-18)14-19-15(2)6-5-7-16(19)3/h5-12,21,24H,4,13-14H2,1-3H3. The Bertz CT molecular complexity index is 906. The lowest BCUT2D eigenvalue weighted by Gasteiger charge is -2.14. The summed E-state index contributed by atoms with van der Waals surface area (Å²) in [6, 6.07) is 14.2. The van der Waals surface area contributed by atoms with Crippen LogP contribution in [0.4, 0.5) is 0 Å². The minimum absolute atomic E-state index is 0.0308. The zero-order valence-corrected chi connectivity index (χ0v) is 15.5. The van der Waals surface area contributed by atoms with E-state index in [0.29, 0.717) is 6.61 Å². The predicted octanol–water partition coefficient (Wildman–Crippen LogP) is 4.29. The summed E-state index contributed by atoms with van der Waals surface area (Å²) in [7, 11) is 0. The van der Waals surface area contributed by atoms with Gasteiger partial charge < -0.3 is 14.4 Å². The molecule has 1 atom stereocenters. The Balaban J connectivity index is 1.90. The second-order valence-electron chi connectivity index (χ2n) is 6.66. The molecular formula is C22H25NO3. The van der Waals surface area contributed by atoms with Gasteiger partial charge in [-0.3, -0.25) is 4.79 Å². The minimum atomic E-state index is -0.859. The third kappa shape index (κ3) is 3.81. The van der Waals surface area contributed by atoms with E-state index in [1.165, 1.54) is 16.7 Å². The summed E-state index contributed by atoms with van der Waals surface area (Å²) in [5.74, 6) is -0.383. The average molecular weight is 351 g/mol. The van der Waals surface area contributed by atoms with E-state index in [0.717, 1.165) is 23.0 Å². The number of carbonyl (C=O) groups excluding carboxylic acids is 1. The van der Waals surface area contributed by atoms with Crippen molar-refractivity contribution < 1.29 is 14.6 Å². The SMILES string of the molecule is CCOC(=O)CC(O)c1ccc2ccn(Cc3c(C)cccc3C)c2c1. The van der Waals surface area contributed by atoms with Crippen LogP contribution in [-0.4, -0.2) is 22.2 Å². The fraction of sp³-hybridized carbons (Fsp3) is 0.318. The number of esters is 1. The molecule has 0 radical (unpaired) electrons. The number of rotatable bonds is 6. The van der Waals surface area contributed by atoms with E-state index in [1.807, 2.05) is 18.2 Å². The molecule has 1 aromatic heterocycles. The second kappa shape index (κ2) is 7.75. The Morgan fingerprint density at radius 2 is 1.88 bits per heavy atom. The first-order chi connectivity index (χ1) is 12.5. The highest BCUT2D eigenvalue weighted by atomic mass is 16.5. The van der Waals surface area contributed by atoms with Crippen molar-refractivity contribution in [2.24, 2.45) is 0 Å². The summed E-state index contributed by atoms with van der Waals surface area (Å²) in [4.78, 5) is 11.6. The molecule has 0 aliphatic rings.